The highest BCUT2D eigenvalue weighted by Gasteiger charge is 2.22. The summed E-state index contributed by atoms with van der Waals surface area (Å²) in [6.07, 6.45) is 1.74. The van der Waals surface area contributed by atoms with Crippen molar-refractivity contribution in [1.82, 2.24) is 10.3 Å². The van der Waals surface area contributed by atoms with Crippen molar-refractivity contribution < 1.29 is 27.9 Å². The number of aliphatic hydroxyl groups excluding tert-OH is 1. The lowest BCUT2D eigenvalue weighted by atomic mass is 10.1. The maximum absolute atomic E-state index is 13.2. The van der Waals surface area contributed by atoms with Gasteiger partial charge in [-0.3, -0.25) is 14.9 Å². The molecule has 2 unspecified atom stereocenters. The number of benzene rings is 1. The van der Waals surface area contributed by atoms with Crippen molar-refractivity contribution in [2.24, 2.45) is 0 Å². The largest absolute Gasteiger partial charge is 0.428 e. The van der Waals surface area contributed by atoms with Crippen molar-refractivity contribution in [3.8, 4) is 0 Å². The van der Waals surface area contributed by atoms with Gasteiger partial charge < -0.3 is 14.8 Å². The SMILES string of the molecule is CCCC(NC(=O)Cc1cc(F)cc(F)c1)C(=O)Nc1ncc(CC(C)O)o1. The molecule has 0 aliphatic rings. The smallest absolute Gasteiger partial charge is 0.301 e. The second-order valence-electron chi connectivity index (χ2n) is 6.54. The van der Waals surface area contributed by atoms with Gasteiger partial charge in [-0.15, -0.1) is 0 Å². The van der Waals surface area contributed by atoms with Gasteiger partial charge in [0.1, 0.15) is 23.4 Å². The van der Waals surface area contributed by atoms with Gasteiger partial charge in [-0.2, -0.15) is 0 Å². The van der Waals surface area contributed by atoms with Gasteiger partial charge in [-0.05, 0) is 31.0 Å². The highest BCUT2D eigenvalue weighted by molar-refractivity contribution is 5.96. The van der Waals surface area contributed by atoms with Crippen LogP contribution in [-0.2, 0) is 22.4 Å². The van der Waals surface area contributed by atoms with Gasteiger partial charge in [0.2, 0.25) is 5.91 Å². The number of carbonyl (C=O) groups is 2. The molecule has 0 radical (unpaired) electrons. The molecule has 2 amide bonds. The van der Waals surface area contributed by atoms with Crippen LogP contribution >= 0.6 is 0 Å². The molecule has 0 fully saturated rings. The Morgan fingerprint density at radius 1 is 1.25 bits per heavy atom. The van der Waals surface area contributed by atoms with E-state index in [9.17, 15) is 23.5 Å². The minimum Gasteiger partial charge on any atom is -0.428 e. The first kappa shape index (κ1) is 21.5. The topological polar surface area (TPSA) is 104 Å². The Kier molecular flexibility index (Phi) is 7.62. The van der Waals surface area contributed by atoms with Gasteiger partial charge in [0.25, 0.3) is 5.91 Å². The molecule has 7 nitrogen and oxygen atoms in total. The Morgan fingerprint density at radius 2 is 1.93 bits per heavy atom. The Hall–Kier alpha value is -2.81. The van der Waals surface area contributed by atoms with Crippen molar-refractivity contribution >= 4 is 17.8 Å². The first-order valence-corrected chi connectivity index (χ1v) is 8.94. The number of nitrogens with one attached hydrogen (secondary N) is 2. The number of nitrogens with zero attached hydrogens (tertiary/aromatic N) is 1. The highest BCUT2D eigenvalue weighted by Crippen LogP contribution is 2.13. The fraction of sp³-hybridized carbons (Fsp3) is 0.421. The van der Waals surface area contributed by atoms with E-state index >= 15 is 0 Å². The molecule has 0 aliphatic carbocycles. The molecule has 152 valence electrons. The van der Waals surface area contributed by atoms with Crippen molar-refractivity contribution in [1.29, 1.82) is 0 Å². The summed E-state index contributed by atoms with van der Waals surface area (Å²) in [4.78, 5) is 28.5. The molecule has 2 rings (SSSR count). The number of hydrogen-bond donors (Lipinski definition) is 3. The summed E-state index contributed by atoms with van der Waals surface area (Å²) in [6.45, 7) is 3.44. The van der Waals surface area contributed by atoms with Crippen molar-refractivity contribution in [2.45, 2.75) is 51.7 Å². The predicted molar refractivity (Wildman–Crippen MR) is 97.4 cm³/mol. The van der Waals surface area contributed by atoms with Gasteiger partial charge in [0.15, 0.2) is 0 Å². The maximum atomic E-state index is 13.2. The molecule has 0 spiro atoms. The number of halogens is 2. The van der Waals surface area contributed by atoms with Crippen LogP contribution in [0.25, 0.3) is 0 Å². The van der Waals surface area contributed by atoms with Crippen LogP contribution in [0.2, 0.25) is 0 Å². The van der Waals surface area contributed by atoms with Gasteiger partial charge in [-0.25, -0.2) is 13.8 Å². The molecule has 28 heavy (non-hydrogen) atoms. The number of aliphatic hydroxyl groups is 1. The third kappa shape index (κ3) is 6.73. The molecule has 3 N–H and O–H groups in total. The molecule has 0 bridgehead atoms. The van der Waals surface area contributed by atoms with Crippen LogP contribution in [-0.4, -0.2) is 34.1 Å². The molecule has 2 atom stereocenters. The van der Waals surface area contributed by atoms with Gasteiger partial charge in [0.05, 0.1) is 18.7 Å². The Balaban J connectivity index is 1.98. The van der Waals surface area contributed by atoms with Crippen molar-refractivity contribution in [3.05, 3.63) is 47.4 Å². The van der Waals surface area contributed by atoms with E-state index in [0.717, 1.165) is 18.2 Å². The fourth-order valence-electron chi connectivity index (χ4n) is 2.64. The van der Waals surface area contributed by atoms with Crippen molar-refractivity contribution in [2.75, 3.05) is 5.32 Å². The normalized spacial score (nSPS) is 13.0. The van der Waals surface area contributed by atoms with E-state index in [-0.39, 0.29) is 24.4 Å². The van der Waals surface area contributed by atoms with Crippen LogP contribution < -0.4 is 10.6 Å². The van der Waals surface area contributed by atoms with Crippen LogP contribution in [0.3, 0.4) is 0 Å². The molecule has 0 saturated carbocycles. The number of hydrogen-bond acceptors (Lipinski definition) is 5. The molecule has 1 heterocycles. The molecular weight excluding hydrogens is 372 g/mol. The number of anilines is 1. The van der Waals surface area contributed by atoms with E-state index in [1.165, 1.54) is 6.20 Å². The Bertz CT molecular complexity index is 803. The summed E-state index contributed by atoms with van der Waals surface area (Å²) in [5.74, 6) is -2.20. The maximum Gasteiger partial charge on any atom is 0.301 e. The van der Waals surface area contributed by atoms with E-state index in [1.54, 1.807) is 6.92 Å². The third-order valence-corrected chi connectivity index (χ3v) is 3.80. The first-order valence-electron chi connectivity index (χ1n) is 8.94. The molecule has 9 heteroatoms. The van der Waals surface area contributed by atoms with E-state index in [2.05, 4.69) is 15.6 Å². The number of oxazole rings is 1. The Morgan fingerprint density at radius 3 is 2.54 bits per heavy atom. The molecule has 0 aliphatic heterocycles. The molecular formula is C19H23F2N3O4. The number of carbonyl (C=O) groups excluding carboxylic acids is 2. The van der Waals surface area contributed by atoms with Crippen molar-refractivity contribution in [3.63, 3.8) is 0 Å². The third-order valence-electron chi connectivity index (χ3n) is 3.80. The van der Waals surface area contributed by atoms with Gasteiger partial charge in [-0.1, -0.05) is 13.3 Å². The lowest BCUT2D eigenvalue weighted by Crippen LogP contribution is -2.44. The number of rotatable bonds is 9. The summed E-state index contributed by atoms with van der Waals surface area (Å²) < 4.78 is 31.8. The monoisotopic (exact) mass is 395 g/mol. The standard InChI is InChI=1S/C19H23F2N3O4/c1-3-4-16(18(27)24-19-22-10-15(28-19)5-11(2)25)23-17(26)8-12-6-13(20)9-14(21)7-12/h6-7,9-11,16,25H,3-5,8H2,1-2H3,(H,23,26)(H,22,24,27). The van der Waals surface area contributed by atoms with Crippen LogP contribution in [0.1, 0.15) is 38.0 Å². The van der Waals surface area contributed by atoms with Crippen LogP contribution in [0.15, 0.2) is 28.8 Å². The summed E-state index contributed by atoms with van der Waals surface area (Å²) in [6, 6.07) is 1.95. The predicted octanol–water partition coefficient (Wildman–Crippen LogP) is 2.34. The van der Waals surface area contributed by atoms with E-state index < -0.39 is 35.6 Å². The molecule has 2 aromatic rings. The minimum atomic E-state index is -0.858. The van der Waals surface area contributed by atoms with Crippen LogP contribution in [0.5, 0.6) is 0 Å². The van der Waals surface area contributed by atoms with Gasteiger partial charge in [0, 0.05) is 12.5 Å². The average molecular weight is 395 g/mol. The minimum absolute atomic E-state index is 0.0387. The zero-order valence-corrected chi connectivity index (χ0v) is 15.7. The van der Waals surface area contributed by atoms with E-state index in [0.29, 0.717) is 18.6 Å². The van der Waals surface area contributed by atoms with E-state index in [4.69, 9.17) is 4.42 Å². The second kappa shape index (κ2) is 9.93. The molecule has 1 aromatic carbocycles. The zero-order valence-electron chi connectivity index (χ0n) is 15.7. The summed E-state index contributed by atoms with van der Waals surface area (Å²) in [7, 11) is 0. The summed E-state index contributed by atoms with van der Waals surface area (Å²) in [5.41, 5.74) is 0.168. The average Bonchev–Trinajstić information content (AvgIpc) is 2.99. The number of amides is 2. The van der Waals surface area contributed by atoms with Gasteiger partial charge >= 0.3 is 6.01 Å². The molecule has 1 aromatic heterocycles. The first-order chi connectivity index (χ1) is 13.3. The lowest BCUT2D eigenvalue weighted by Gasteiger charge is -2.17. The second-order valence-corrected chi connectivity index (χ2v) is 6.54. The lowest BCUT2D eigenvalue weighted by molar-refractivity contribution is -0.126. The summed E-state index contributed by atoms with van der Waals surface area (Å²) >= 11 is 0. The summed E-state index contributed by atoms with van der Waals surface area (Å²) in [5, 5.41) is 14.4. The quantitative estimate of drug-likeness (QED) is 0.605. The van der Waals surface area contributed by atoms with E-state index in [1.807, 2.05) is 6.92 Å². The zero-order chi connectivity index (χ0) is 20.7. The molecule has 0 saturated heterocycles. The highest BCUT2D eigenvalue weighted by atomic mass is 19.1. The van der Waals surface area contributed by atoms with Crippen LogP contribution in [0.4, 0.5) is 14.8 Å². The van der Waals surface area contributed by atoms with Crippen LogP contribution in [0, 0.1) is 11.6 Å². The fourth-order valence-corrected chi connectivity index (χ4v) is 2.64. The Labute approximate surface area is 161 Å². The number of aromatic nitrogens is 1.